The lowest BCUT2D eigenvalue weighted by molar-refractivity contribution is -0.0392. The van der Waals surface area contributed by atoms with Gasteiger partial charge in [0.1, 0.15) is 11.4 Å². The van der Waals surface area contributed by atoms with Gasteiger partial charge in [0.2, 0.25) is 5.95 Å². The van der Waals surface area contributed by atoms with Crippen molar-refractivity contribution in [2.75, 3.05) is 12.3 Å². The standard InChI is InChI=1S/C12H22N4O/c1-5-8-9-14-10(16-11(13)15-9)12(4,6-2)17-7-3/h5-8H2,1-4H3,(H2,13,14,15,16). The average molecular weight is 238 g/mol. The Morgan fingerprint density at radius 3 is 2.41 bits per heavy atom. The molecule has 0 spiro atoms. The van der Waals surface area contributed by atoms with Crippen LogP contribution in [-0.2, 0) is 16.8 Å². The molecule has 5 nitrogen and oxygen atoms in total. The van der Waals surface area contributed by atoms with Gasteiger partial charge in [-0.3, -0.25) is 0 Å². The minimum absolute atomic E-state index is 0.276. The predicted molar refractivity (Wildman–Crippen MR) is 67.5 cm³/mol. The summed E-state index contributed by atoms with van der Waals surface area (Å²) in [7, 11) is 0. The zero-order valence-corrected chi connectivity index (χ0v) is 11.2. The van der Waals surface area contributed by atoms with Crippen LogP contribution in [0.2, 0.25) is 0 Å². The van der Waals surface area contributed by atoms with Crippen LogP contribution in [0.3, 0.4) is 0 Å². The second-order valence-corrected chi connectivity index (χ2v) is 4.20. The Bertz CT molecular complexity index is 370. The highest BCUT2D eigenvalue weighted by atomic mass is 16.5. The number of aryl methyl sites for hydroxylation is 1. The number of hydrogen-bond donors (Lipinski definition) is 1. The van der Waals surface area contributed by atoms with Crippen molar-refractivity contribution in [1.82, 2.24) is 15.0 Å². The quantitative estimate of drug-likeness (QED) is 0.821. The molecule has 0 amide bonds. The molecule has 0 saturated heterocycles. The van der Waals surface area contributed by atoms with Crippen LogP contribution in [0.15, 0.2) is 0 Å². The van der Waals surface area contributed by atoms with E-state index in [1.807, 2.05) is 13.8 Å². The first kappa shape index (κ1) is 13.8. The smallest absolute Gasteiger partial charge is 0.223 e. The summed E-state index contributed by atoms with van der Waals surface area (Å²) in [6.45, 7) is 8.71. The molecule has 0 fully saturated rings. The van der Waals surface area contributed by atoms with E-state index in [2.05, 4.69) is 28.8 Å². The number of anilines is 1. The van der Waals surface area contributed by atoms with Crippen molar-refractivity contribution in [3.8, 4) is 0 Å². The zero-order valence-electron chi connectivity index (χ0n) is 11.2. The summed E-state index contributed by atoms with van der Waals surface area (Å²) in [5, 5.41) is 0. The van der Waals surface area contributed by atoms with E-state index in [9.17, 15) is 0 Å². The number of nitrogens with two attached hydrogens (primary N) is 1. The Morgan fingerprint density at radius 2 is 1.88 bits per heavy atom. The number of aromatic nitrogens is 3. The Balaban J connectivity index is 3.10. The Labute approximate surface area is 103 Å². The first-order chi connectivity index (χ1) is 8.05. The fourth-order valence-electron chi connectivity index (χ4n) is 1.65. The third-order valence-corrected chi connectivity index (χ3v) is 2.78. The SMILES string of the molecule is CCCc1nc(N)nc(C(C)(CC)OCC)n1. The van der Waals surface area contributed by atoms with Crippen molar-refractivity contribution >= 4 is 5.95 Å². The van der Waals surface area contributed by atoms with Crippen LogP contribution in [0.5, 0.6) is 0 Å². The maximum atomic E-state index is 5.74. The topological polar surface area (TPSA) is 73.9 Å². The lowest BCUT2D eigenvalue weighted by Crippen LogP contribution is -2.29. The number of ether oxygens (including phenoxy) is 1. The van der Waals surface area contributed by atoms with Crippen LogP contribution in [0.4, 0.5) is 5.95 Å². The minimum Gasteiger partial charge on any atom is -0.368 e. The van der Waals surface area contributed by atoms with Gasteiger partial charge in [0, 0.05) is 13.0 Å². The molecule has 1 aromatic rings. The van der Waals surface area contributed by atoms with E-state index in [-0.39, 0.29) is 5.95 Å². The van der Waals surface area contributed by atoms with Gasteiger partial charge in [-0.1, -0.05) is 13.8 Å². The largest absolute Gasteiger partial charge is 0.368 e. The zero-order chi connectivity index (χ0) is 12.9. The van der Waals surface area contributed by atoms with E-state index in [1.165, 1.54) is 0 Å². The van der Waals surface area contributed by atoms with Gasteiger partial charge in [0.15, 0.2) is 5.82 Å². The Morgan fingerprint density at radius 1 is 1.18 bits per heavy atom. The number of rotatable bonds is 6. The van der Waals surface area contributed by atoms with Crippen molar-refractivity contribution in [3.63, 3.8) is 0 Å². The van der Waals surface area contributed by atoms with E-state index < -0.39 is 5.60 Å². The number of hydrogen-bond acceptors (Lipinski definition) is 5. The molecular weight excluding hydrogens is 216 g/mol. The molecule has 0 radical (unpaired) electrons. The summed E-state index contributed by atoms with van der Waals surface area (Å²) in [4.78, 5) is 12.8. The van der Waals surface area contributed by atoms with Crippen LogP contribution in [-0.4, -0.2) is 21.6 Å². The van der Waals surface area contributed by atoms with E-state index in [4.69, 9.17) is 10.5 Å². The highest BCUT2D eigenvalue weighted by Crippen LogP contribution is 2.26. The molecule has 0 aliphatic carbocycles. The van der Waals surface area contributed by atoms with Crippen LogP contribution in [0.1, 0.15) is 52.2 Å². The van der Waals surface area contributed by atoms with E-state index in [1.54, 1.807) is 0 Å². The Hall–Kier alpha value is -1.23. The normalized spacial score (nSPS) is 14.6. The first-order valence-electron chi connectivity index (χ1n) is 6.20. The van der Waals surface area contributed by atoms with Crippen molar-refractivity contribution in [3.05, 3.63) is 11.6 Å². The van der Waals surface area contributed by atoms with Gasteiger partial charge in [0.05, 0.1) is 0 Å². The molecule has 1 unspecified atom stereocenters. The highest BCUT2D eigenvalue weighted by Gasteiger charge is 2.29. The van der Waals surface area contributed by atoms with Crippen molar-refractivity contribution in [2.24, 2.45) is 0 Å². The molecule has 0 saturated carbocycles. The maximum absolute atomic E-state index is 5.74. The van der Waals surface area contributed by atoms with Gasteiger partial charge in [-0.2, -0.15) is 9.97 Å². The van der Waals surface area contributed by atoms with Crippen molar-refractivity contribution in [1.29, 1.82) is 0 Å². The molecule has 5 heteroatoms. The fourth-order valence-corrected chi connectivity index (χ4v) is 1.65. The Kier molecular flexibility index (Phi) is 4.81. The molecule has 1 rings (SSSR count). The summed E-state index contributed by atoms with van der Waals surface area (Å²) in [6, 6.07) is 0. The number of nitrogen functional groups attached to an aromatic ring is 1. The van der Waals surface area contributed by atoms with E-state index >= 15 is 0 Å². The van der Waals surface area contributed by atoms with Crippen molar-refractivity contribution < 1.29 is 4.74 Å². The summed E-state index contributed by atoms with van der Waals surface area (Å²) in [6.07, 6.45) is 2.60. The lowest BCUT2D eigenvalue weighted by atomic mass is 10.0. The van der Waals surface area contributed by atoms with Gasteiger partial charge in [-0.05, 0) is 26.7 Å². The van der Waals surface area contributed by atoms with Gasteiger partial charge in [-0.15, -0.1) is 0 Å². The molecule has 0 aliphatic rings. The summed E-state index contributed by atoms with van der Waals surface area (Å²) >= 11 is 0. The van der Waals surface area contributed by atoms with Crippen LogP contribution >= 0.6 is 0 Å². The van der Waals surface area contributed by atoms with E-state index in [0.29, 0.717) is 12.4 Å². The molecular formula is C12H22N4O. The third-order valence-electron chi connectivity index (χ3n) is 2.78. The molecule has 1 atom stereocenters. The summed E-state index contributed by atoms with van der Waals surface area (Å²) in [5.74, 6) is 1.66. The molecule has 0 aliphatic heterocycles. The highest BCUT2D eigenvalue weighted by molar-refractivity contribution is 5.18. The lowest BCUT2D eigenvalue weighted by Gasteiger charge is -2.26. The molecule has 0 aromatic carbocycles. The van der Waals surface area contributed by atoms with Crippen molar-refractivity contribution in [2.45, 2.75) is 52.6 Å². The molecule has 17 heavy (non-hydrogen) atoms. The predicted octanol–water partition coefficient (Wildman–Crippen LogP) is 2.07. The fraction of sp³-hybridized carbons (Fsp3) is 0.750. The van der Waals surface area contributed by atoms with Gasteiger partial charge in [0.25, 0.3) is 0 Å². The average Bonchev–Trinajstić information content (AvgIpc) is 2.29. The van der Waals surface area contributed by atoms with E-state index in [0.717, 1.165) is 25.1 Å². The summed E-state index contributed by atoms with van der Waals surface area (Å²) < 4.78 is 5.74. The van der Waals surface area contributed by atoms with Gasteiger partial charge < -0.3 is 10.5 Å². The minimum atomic E-state index is -0.478. The van der Waals surface area contributed by atoms with Crippen LogP contribution in [0.25, 0.3) is 0 Å². The molecule has 1 aromatic heterocycles. The van der Waals surface area contributed by atoms with Crippen LogP contribution < -0.4 is 5.73 Å². The van der Waals surface area contributed by atoms with Crippen LogP contribution in [0, 0.1) is 0 Å². The monoisotopic (exact) mass is 238 g/mol. The molecule has 1 heterocycles. The second-order valence-electron chi connectivity index (χ2n) is 4.20. The second kappa shape index (κ2) is 5.91. The molecule has 96 valence electrons. The summed E-state index contributed by atoms with van der Waals surface area (Å²) in [5.41, 5.74) is 5.24. The van der Waals surface area contributed by atoms with Gasteiger partial charge in [-0.25, -0.2) is 4.98 Å². The molecule has 2 N–H and O–H groups in total. The van der Waals surface area contributed by atoms with Gasteiger partial charge >= 0.3 is 0 Å². The molecule has 0 bridgehead atoms. The first-order valence-corrected chi connectivity index (χ1v) is 6.20. The maximum Gasteiger partial charge on any atom is 0.223 e. The third kappa shape index (κ3) is 3.36. The number of nitrogens with zero attached hydrogens (tertiary/aromatic N) is 3.